The van der Waals surface area contributed by atoms with E-state index in [1.165, 1.54) is 17.0 Å². The third kappa shape index (κ3) is 5.24. The van der Waals surface area contributed by atoms with Crippen LogP contribution < -0.4 is 15.5 Å². The summed E-state index contributed by atoms with van der Waals surface area (Å²) >= 11 is 1.81. The Morgan fingerprint density at radius 2 is 2.08 bits per heavy atom. The third-order valence-corrected chi connectivity index (χ3v) is 5.97. The first-order chi connectivity index (χ1) is 12.8. The quantitative estimate of drug-likeness (QED) is 0.573. The Labute approximate surface area is 161 Å². The lowest BCUT2D eigenvalue weighted by molar-refractivity contribution is 0.565. The van der Waals surface area contributed by atoms with Crippen LogP contribution in [0.25, 0.3) is 0 Å². The van der Waals surface area contributed by atoms with E-state index in [2.05, 4.69) is 77.2 Å². The summed E-state index contributed by atoms with van der Waals surface area (Å²) in [4.78, 5) is 8.68. The molecule has 1 saturated heterocycles. The van der Waals surface area contributed by atoms with Gasteiger partial charge in [-0.25, -0.2) is 0 Å². The molecule has 5 heteroatoms. The van der Waals surface area contributed by atoms with Gasteiger partial charge >= 0.3 is 0 Å². The number of aliphatic imine (C=N–C) groups is 1. The van der Waals surface area contributed by atoms with E-state index in [-0.39, 0.29) is 0 Å². The molecule has 2 atom stereocenters. The van der Waals surface area contributed by atoms with Crippen molar-refractivity contribution in [3.63, 3.8) is 0 Å². The fraction of sp³-hybridized carbons (Fsp3) is 0.476. The summed E-state index contributed by atoms with van der Waals surface area (Å²) in [5, 5.41) is 9.07. The minimum Gasteiger partial charge on any atom is -0.371 e. The monoisotopic (exact) mass is 370 g/mol. The molecule has 1 aromatic heterocycles. The molecule has 0 spiro atoms. The second-order valence-electron chi connectivity index (χ2n) is 6.95. The van der Waals surface area contributed by atoms with Crippen molar-refractivity contribution in [1.29, 1.82) is 0 Å². The van der Waals surface area contributed by atoms with E-state index in [0.717, 1.165) is 38.7 Å². The largest absolute Gasteiger partial charge is 0.371 e. The maximum absolute atomic E-state index is 4.79. The Bertz CT molecular complexity index is 669. The van der Waals surface area contributed by atoms with Crippen molar-refractivity contribution >= 4 is 23.0 Å². The second kappa shape index (κ2) is 9.62. The molecule has 1 aliphatic heterocycles. The van der Waals surface area contributed by atoms with Gasteiger partial charge in [0.25, 0.3) is 0 Å². The van der Waals surface area contributed by atoms with Crippen LogP contribution >= 0.6 is 11.3 Å². The summed E-state index contributed by atoms with van der Waals surface area (Å²) in [6.45, 7) is 9.29. The van der Waals surface area contributed by atoms with Crippen LogP contribution in [0.1, 0.15) is 31.1 Å². The summed E-state index contributed by atoms with van der Waals surface area (Å²) in [6.07, 6.45) is 1.23. The molecular formula is C21H30N4S. The first-order valence-corrected chi connectivity index (χ1v) is 10.5. The van der Waals surface area contributed by atoms with Gasteiger partial charge in [0.1, 0.15) is 0 Å². The van der Waals surface area contributed by atoms with Gasteiger partial charge in [-0.2, -0.15) is 0 Å². The number of anilines is 1. The molecule has 1 aromatic carbocycles. The molecule has 2 aromatic rings. The zero-order valence-electron chi connectivity index (χ0n) is 15.8. The summed E-state index contributed by atoms with van der Waals surface area (Å²) < 4.78 is 0. The van der Waals surface area contributed by atoms with E-state index < -0.39 is 0 Å². The van der Waals surface area contributed by atoms with Crippen LogP contribution in [0.2, 0.25) is 0 Å². The maximum Gasteiger partial charge on any atom is 0.191 e. The minimum absolute atomic E-state index is 0.463. The number of benzene rings is 1. The average Bonchev–Trinajstić information content (AvgIpc) is 3.36. The van der Waals surface area contributed by atoms with Crippen LogP contribution in [0.4, 0.5) is 5.69 Å². The Balaban J connectivity index is 1.48. The summed E-state index contributed by atoms with van der Waals surface area (Å²) in [5.74, 6) is 2.06. The van der Waals surface area contributed by atoms with Crippen LogP contribution in [0.3, 0.4) is 0 Å². The third-order valence-electron chi connectivity index (χ3n) is 4.86. The molecule has 2 N–H and O–H groups in total. The highest BCUT2D eigenvalue weighted by molar-refractivity contribution is 7.10. The maximum atomic E-state index is 4.79. The van der Waals surface area contributed by atoms with Crippen molar-refractivity contribution in [2.45, 2.75) is 26.2 Å². The second-order valence-corrected chi connectivity index (χ2v) is 7.93. The van der Waals surface area contributed by atoms with Crippen molar-refractivity contribution in [1.82, 2.24) is 10.6 Å². The van der Waals surface area contributed by atoms with E-state index in [1.807, 2.05) is 11.3 Å². The predicted molar refractivity (Wildman–Crippen MR) is 113 cm³/mol. The topological polar surface area (TPSA) is 39.7 Å². The van der Waals surface area contributed by atoms with Crippen molar-refractivity contribution in [2.75, 3.05) is 37.6 Å². The smallest absolute Gasteiger partial charge is 0.191 e. The number of thiophene rings is 1. The first kappa shape index (κ1) is 18.8. The molecule has 2 heterocycles. The zero-order chi connectivity index (χ0) is 18.2. The first-order valence-electron chi connectivity index (χ1n) is 9.61. The van der Waals surface area contributed by atoms with Crippen LogP contribution in [0.15, 0.2) is 52.8 Å². The van der Waals surface area contributed by atoms with Gasteiger partial charge in [0.2, 0.25) is 0 Å². The number of hydrogen-bond donors (Lipinski definition) is 2. The average molecular weight is 371 g/mol. The molecule has 2 unspecified atom stereocenters. The van der Waals surface area contributed by atoms with Gasteiger partial charge < -0.3 is 15.5 Å². The number of guanidine groups is 1. The van der Waals surface area contributed by atoms with Gasteiger partial charge in [0, 0.05) is 42.7 Å². The number of nitrogens with zero attached hydrogens (tertiary/aromatic N) is 2. The molecule has 3 rings (SSSR count). The van der Waals surface area contributed by atoms with Gasteiger partial charge in [0.15, 0.2) is 5.96 Å². The van der Waals surface area contributed by atoms with Crippen LogP contribution in [-0.2, 0) is 0 Å². The summed E-state index contributed by atoms with van der Waals surface area (Å²) in [5.41, 5.74) is 1.33. The lowest BCUT2D eigenvalue weighted by Gasteiger charge is -2.19. The standard InChI is InChI=1S/C21H30N4S/c1-3-22-21(23-14-17(2)20-10-7-13-26-20)24-15-18-11-12-25(16-18)19-8-5-4-6-9-19/h4-10,13,17-18H,3,11-12,14-16H2,1-2H3,(H2,22,23,24). The molecule has 4 nitrogen and oxygen atoms in total. The van der Waals surface area contributed by atoms with Crippen LogP contribution in [0, 0.1) is 5.92 Å². The Morgan fingerprint density at radius 3 is 2.81 bits per heavy atom. The highest BCUT2D eigenvalue weighted by Gasteiger charge is 2.22. The lowest BCUT2D eigenvalue weighted by atomic mass is 10.1. The highest BCUT2D eigenvalue weighted by Crippen LogP contribution is 2.23. The van der Waals surface area contributed by atoms with Gasteiger partial charge in [0.05, 0.1) is 6.54 Å². The number of para-hydroxylation sites is 1. The molecule has 26 heavy (non-hydrogen) atoms. The van der Waals surface area contributed by atoms with Crippen molar-refractivity contribution in [3.8, 4) is 0 Å². The molecule has 0 amide bonds. The number of nitrogens with one attached hydrogen (secondary N) is 2. The molecule has 0 aliphatic carbocycles. The lowest BCUT2D eigenvalue weighted by Crippen LogP contribution is -2.40. The van der Waals surface area contributed by atoms with E-state index >= 15 is 0 Å². The van der Waals surface area contributed by atoms with Gasteiger partial charge in [-0.15, -0.1) is 11.3 Å². The molecule has 0 radical (unpaired) electrons. The summed E-state index contributed by atoms with van der Waals surface area (Å²) in [6, 6.07) is 15.0. The highest BCUT2D eigenvalue weighted by atomic mass is 32.1. The number of rotatable bonds is 7. The Hall–Kier alpha value is -2.01. The molecular weight excluding hydrogens is 340 g/mol. The number of hydrogen-bond acceptors (Lipinski definition) is 3. The van der Waals surface area contributed by atoms with Crippen LogP contribution in [0.5, 0.6) is 0 Å². The Morgan fingerprint density at radius 1 is 1.23 bits per heavy atom. The van der Waals surface area contributed by atoms with E-state index in [1.54, 1.807) is 0 Å². The van der Waals surface area contributed by atoms with Gasteiger partial charge in [-0.3, -0.25) is 4.99 Å². The molecule has 140 valence electrons. The van der Waals surface area contributed by atoms with Crippen LogP contribution in [-0.4, -0.2) is 38.7 Å². The molecule has 0 saturated carbocycles. The van der Waals surface area contributed by atoms with E-state index in [9.17, 15) is 0 Å². The van der Waals surface area contributed by atoms with Gasteiger partial charge in [-0.1, -0.05) is 31.2 Å². The van der Waals surface area contributed by atoms with Crippen molar-refractivity contribution < 1.29 is 0 Å². The normalized spacial score (nSPS) is 18.8. The van der Waals surface area contributed by atoms with Crippen molar-refractivity contribution in [2.24, 2.45) is 10.9 Å². The fourth-order valence-corrected chi connectivity index (χ4v) is 4.12. The van der Waals surface area contributed by atoms with Gasteiger partial charge in [-0.05, 0) is 42.8 Å². The zero-order valence-corrected chi connectivity index (χ0v) is 16.6. The Kier molecular flexibility index (Phi) is 6.95. The van der Waals surface area contributed by atoms with Crippen molar-refractivity contribution in [3.05, 3.63) is 52.7 Å². The molecule has 0 bridgehead atoms. The predicted octanol–water partition coefficient (Wildman–Crippen LogP) is 3.93. The van der Waals surface area contributed by atoms with E-state index in [0.29, 0.717) is 11.8 Å². The SMILES string of the molecule is CCNC(=NCC(C)c1cccs1)NCC1CCN(c2ccccc2)C1. The summed E-state index contributed by atoms with van der Waals surface area (Å²) in [7, 11) is 0. The molecule has 1 fully saturated rings. The molecule has 1 aliphatic rings. The van der Waals surface area contributed by atoms with E-state index in [4.69, 9.17) is 4.99 Å². The minimum atomic E-state index is 0.463. The fourth-order valence-electron chi connectivity index (χ4n) is 3.35.